The van der Waals surface area contributed by atoms with E-state index in [4.69, 9.17) is 29.2 Å². The molecule has 6 nitrogen and oxygen atoms in total. The summed E-state index contributed by atoms with van der Waals surface area (Å²) < 4.78 is 24.3. The van der Waals surface area contributed by atoms with Crippen molar-refractivity contribution >= 4 is 0 Å². The Morgan fingerprint density at radius 1 is 0.431 bits per heavy atom. The van der Waals surface area contributed by atoms with Crippen molar-refractivity contribution < 1.29 is 29.2 Å². The van der Waals surface area contributed by atoms with Crippen molar-refractivity contribution in [1.82, 2.24) is 0 Å². The molecule has 2 aliphatic rings. The van der Waals surface area contributed by atoms with E-state index in [1.165, 1.54) is 99.3 Å². The molecule has 4 aromatic rings. The molecule has 0 aliphatic heterocycles. The highest BCUT2D eigenvalue weighted by Gasteiger charge is 2.30. The van der Waals surface area contributed by atoms with Gasteiger partial charge in [-0.1, -0.05) is 131 Å². The summed E-state index contributed by atoms with van der Waals surface area (Å²) in [5.74, 6) is 5.26. The Morgan fingerprint density at radius 3 is 1.06 bits per heavy atom. The fourth-order valence-corrected chi connectivity index (χ4v) is 8.69. The monoisotopic (exact) mass is 997 g/mol. The van der Waals surface area contributed by atoms with Crippen molar-refractivity contribution in [2.45, 2.75) is 260 Å². The van der Waals surface area contributed by atoms with E-state index in [0.717, 1.165) is 50.1 Å². The van der Waals surface area contributed by atoms with Gasteiger partial charge in [0.15, 0.2) is 0 Å². The molecule has 0 radical (unpaired) electrons. The van der Waals surface area contributed by atoms with Gasteiger partial charge in [0.1, 0.15) is 45.4 Å². The molecular weight excluding hydrogens is 889 g/mol. The second-order valence-corrected chi connectivity index (χ2v) is 23.9. The van der Waals surface area contributed by atoms with Gasteiger partial charge in [0, 0.05) is 14.2 Å². The van der Waals surface area contributed by atoms with Crippen LogP contribution in [0.1, 0.15) is 249 Å². The van der Waals surface area contributed by atoms with E-state index in [0.29, 0.717) is 11.8 Å². The van der Waals surface area contributed by atoms with Crippen LogP contribution in [0.5, 0.6) is 23.0 Å². The molecule has 0 spiro atoms. The van der Waals surface area contributed by atoms with Gasteiger partial charge < -0.3 is 29.2 Å². The van der Waals surface area contributed by atoms with Gasteiger partial charge in [0.25, 0.3) is 0 Å². The van der Waals surface area contributed by atoms with E-state index in [-0.39, 0.29) is 33.2 Å². The van der Waals surface area contributed by atoms with Gasteiger partial charge in [0.05, 0.1) is 0 Å². The zero-order chi connectivity index (χ0) is 54.8. The van der Waals surface area contributed by atoms with Crippen molar-refractivity contribution in [2.24, 2.45) is 0 Å². The molecule has 2 fully saturated rings. The lowest BCUT2D eigenvalue weighted by atomic mass is 9.82. The van der Waals surface area contributed by atoms with Gasteiger partial charge in [-0.3, -0.25) is 0 Å². The highest BCUT2D eigenvalue weighted by molar-refractivity contribution is 5.35. The van der Waals surface area contributed by atoms with Crippen LogP contribution in [0.4, 0.5) is 0 Å². The Balaban J connectivity index is 0.000000470. The maximum atomic E-state index is 7.00. The summed E-state index contributed by atoms with van der Waals surface area (Å²) in [6, 6.07) is 34.2. The van der Waals surface area contributed by atoms with Gasteiger partial charge in [0.2, 0.25) is 0 Å². The smallest absolute Gasteiger partial charge is 0.120 e. The molecule has 408 valence electrons. The van der Waals surface area contributed by atoms with E-state index in [2.05, 4.69) is 210 Å². The van der Waals surface area contributed by atoms with Crippen LogP contribution in [0.3, 0.4) is 0 Å². The minimum Gasteiger partial charge on any atom is -0.488 e. The van der Waals surface area contributed by atoms with E-state index < -0.39 is 0 Å². The number of benzene rings is 4. The van der Waals surface area contributed by atoms with E-state index >= 15 is 0 Å². The van der Waals surface area contributed by atoms with Crippen LogP contribution in [0, 0.1) is 0 Å². The zero-order valence-corrected chi connectivity index (χ0v) is 49.8. The molecule has 0 saturated heterocycles. The maximum Gasteiger partial charge on any atom is 0.120 e. The normalized spacial score (nSPS) is 16.0. The molecule has 0 amide bonds. The van der Waals surface area contributed by atoms with Crippen molar-refractivity contribution in [3.05, 3.63) is 119 Å². The van der Waals surface area contributed by atoms with Gasteiger partial charge in [-0.05, 0) is 226 Å². The third-order valence-corrected chi connectivity index (χ3v) is 14.5. The first-order valence-corrected chi connectivity index (χ1v) is 27.8. The van der Waals surface area contributed by atoms with Crippen LogP contribution in [0.2, 0.25) is 0 Å². The molecule has 2 saturated carbocycles. The lowest BCUT2D eigenvalue weighted by molar-refractivity contribution is 0.0483. The van der Waals surface area contributed by atoms with Crippen molar-refractivity contribution in [3.8, 4) is 23.0 Å². The fourth-order valence-electron chi connectivity index (χ4n) is 8.69. The zero-order valence-electron chi connectivity index (χ0n) is 49.8. The SMILES string of the molecule is CCC(C)(C)c1cccc(OC(C)(C)C)c1.CCC(C)(C)c1cccc(OC2(C)CCCCC2)c1.CCC(C)c1cccc(OC(C)(C)C)c1.CCC(C)c1cccc(OC2(C)CCCCC2)c1.CO.CO. The molecule has 0 heterocycles. The predicted octanol–water partition coefficient (Wildman–Crippen LogP) is 18.9. The highest BCUT2D eigenvalue weighted by atomic mass is 16.5. The third-order valence-electron chi connectivity index (χ3n) is 14.5. The van der Waals surface area contributed by atoms with Crippen LogP contribution in [-0.4, -0.2) is 46.8 Å². The maximum absolute atomic E-state index is 7.00. The lowest BCUT2D eigenvalue weighted by Crippen LogP contribution is -2.34. The minimum atomic E-state index is -0.130. The summed E-state index contributed by atoms with van der Waals surface area (Å²) in [4.78, 5) is 0. The van der Waals surface area contributed by atoms with Gasteiger partial charge >= 0.3 is 0 Å². The van der Waals surface area contributed by atoms with Crippen LogP contribution in [0.25, 0.3) is 0 Å². The van der Waals surface area contributed by atoms with Crippen molar-refractivity contribution in [1.29, 1.82) is 0 Å². The Hall–Kier alpha value is -4.00. The molecule has 6 heteroatoms. The second-order valence-electron chi connectivity index (χ2n) is 23.9. The largest absolute Gasteiger partial charge is 0.488 e. The van der Waals surface area contributed by atoms with Gasteiger partial charge in [-0.2, -0.15) is 0 Å². The molecule has 2 aliphatic carbocycles. The third kappa shape index (κ3) is 24.8. The predicted molar refractivity (Wildman–Crippen MR) is 311 cm³/mol. The number of aliphatic hydroxyl groups is 2. The fraction of sp³-hybridized carbons (Fsp3) is 0.636. The van der Waals surface area contributed by atoms with Crippen molar-refractivity contribution in [2.75, 3.05) is 14.2 Å². The molecule has 0 aromatic heterocycles. The van der Waals surface area contributed by atoms with Crippen LogP contribution < -0.4 is 18.9 Å². The topological polar surface area (TPSA) is 77.4 Å². The summed E-state index contributed by atoms with van der Waals surface area (Å²) in [6.45, 7) is 39.5. The van der Waals surface area contributed by atoms with Crippen LogP contribution >= 0.6 is 0 Å². The van der Waals surface area contributed by atoms with Crippen molar-refractivity contribution in [3.63, 3.8) is 0 Å². The standard InChI is InChI=1S/C18H28O.C17H26O.C15H24O.C14H22O.2CH4O/c1-5-17(2,3)15-10-9-11-16(14-15)19-18(4)12-7-6-8-13-18;1-4-14(2)15-9-8-10-16(13-15)18-17(3)11-6-5-7-12-17;1-7-15(5,6)12-9-8-10-13(11-12)16-14(2,3)4;1-6-11(2)12-8-7-9-13(10-12)15-14(3,4)5;2*1-2/h9-11,14H,5-8,12-13H2,1-4H3;8-10,13-14H,4-7,11-12H2,1-3H3;8-11H,7H2,1-6H3;7-11H,6H2,1-5H3;2*2H,1H3. The summed E-state index contributed by atoms with van der Waals surface area (Å²) >= 11 is 0. The molecule has 2 unspecified atom stereocenters. The molecule has 72 heavy (non-hydrogen) atoms. The number of aliphatic hydroxyl groups excluding tert-OH is 2. The Bertz CT molecular complexity index is 2040. The minimum absolute atomic E-state index is 0.0488. The summed E-state index contributed by atoms with van der Waals surface area (Å²) in [5.41, 5.74) is 5.80. The first-order chi connectivity index (χ1) is 33.7. The molecular formula is C66H108O6. The Kier molecular flexibility index (Phi) is 29.0. The number of ether oxygens (including phenoxy) is 4. The quantitative estimate of drug-likeness (QED) is 0.131. The number of rotatable bonds is 14. The molecule has 2 atom stereocenters. The first-order valence-electron chi connectivity index (χ1n) is 27.8. The summed E-state index contributed by atoms with van der Waals surface area (Å²) in [5, 5.41) is 14.0. The lowest BCUT2D eigenvalue weighted by Gasteiger charge is -2.35. The molecule has 6 rings (SSSR count). The average Bonchev–Trinajstić information content (AvgIpc) is 3.34. The summed E-state index contributed by atoms with van der Waals surface area (Å²) in [7, 11) is 2.00. The molecule has 4 aromatic carbocycles. The molecule has 2 N–H and O–H groups in total. The number of hydrogen-bond acceptors (Lipinski definition) is 6. The van der Waals surface area contributed by atoms with Crippen LogP contribution in [0.15, 0.2) is 97.1 Å². The Morgan fingerprint density at radius 2 is 0.722 bits per heavy atom. The average molecular weight is 998 g/mol. The molecule has 0 bridgehead atoms. The van der Waals surface area contributed by atoms with E-state index in [9.17, 15) is 0 Å². The second kappa shape index (κ2) is 31.7. The Labute approximate surface area is 443 Å². The van der Waals surface area contributed by atoms with E-state index in [1.54, 1.807) is 0 Å². The van der Waals surface area contributed by atoms with Crippen LogP contribution in [-0.2, 0) is 10.8 Å². The number of hydrogen-bond donors (Lipinski definition) is 2. The first kappa shape index (κ1) is 66.0. The van der Waals surface area contributed by atoms with Gasteiger partial charge in [-0.25, -0.2) is 0 Å². The summed E-state index contributed by atoms with van der Waals surface area (Å²) in [6.07, 6.45) is 17.3. The van der Waals surface area contributed by atoms with Gasteiger partial charge in [-0.15, -0.1) is 0 Å². The van der Waals surface area contributed by atoms with E-state index in [1.807, 2.05) is 12.1 Å². The highest BCUT2D eigenvalue weighted by Crippen LogP contribution is 2.37.